The van der Waals surface area contributed by atoms with Gasteiger partial charge in [0.1, 0.15) is 0 Å². The lowest BCUT2D eigenvalue weighted by molar-refractivity contribution is -0.132. The average molecular weight is 280 g/mol. The molecular weight excluding hydrogens is 259 g/mol. The van der Waals surface area contributed by atoms with E-state index in [1.54, 1.807) is 12.1 Å². The smallest absolute Gasteiger partial charge is 0.227 e. The van der Waals surface area contributed by atoms with Crippen molar-refractivity contribution in [2.45, 2.75) is 32.4 Å². The molecule has 0 aromatic heterocycles. The van der Waals surface area contributed by atoms with Crippen LogP contribution < -0.4 is 10.1 Å². The van der Waals surface area contributed by atoms with E-state index in [1.165, 1.54) is 13.2 Å². The lowest BCUT2D eigenvalue weighted by Crippen LogP contribution is -2.56. The highest BCUT2D eigenvalue weighted by Gasteiger charge is 2.24. The molecule has 0 radical (unpaired) electrons. The number of carbonyl (C=O) groups excluding carboxylic acids is 1. The van der Waals surface area contributed by atoms with Gasteiger partial charge < -0.3 is 15.0 Å². The predicted molar refractivity (Wildman–Crippen MR) is 75.3 cm³/mol. The third-order valence-corrected chi connectivity index (χ3v) is 3.48. The molecule has 4 nitrogen and oxygen atoms in total. The summed E-state index contributed by atoms with van der Waals surface area (Å²) in [5, 5.41) is 3.38. The summed E-state index contributed by atoms with van der Waals surface area (Å²) in [4.78, 5) is 14.1. The monoisotopic (exact) mass is 280 g/mol. The second-order valence-electron chi connectivity index (χ2n) is 5.41. The largest absolute Gasteiger partial charge is 0.494 e. The van der Waals surface area contributed by atoms with Gasteiger partial charge in [-0.25, -0.2) is 4.39 Å². The molecule has 0 saturated carbocycles. The van der Waals surface area contributed by atoms with Crippen molar-refractivity contribution in [3.05, 3.63) is 29.6 Å². The van der Waals surface area contributed by atoms with Crippen molar-refractivity contribution in [3.63, 3.8) is 0 Å². The van der Waals surface area contributed by atoms with Gasteiger partial charge in [-0.3, -0.25) is 4.79 Å². The zero-order chi connectivity index (χ0) is 14.7. The molecule has 1 amide bonds. The number of rotatable bonds is 3. The molecule has 1 aliphatic rings. The van der Waals surface area contributed by atoms with Gasteiger partial charge in [0.25, 0.3) is 0 Å². The highest BCUT2D eigenvalue weighted by Crippen LogP contribution is 2.18. The average Bonchev–Trinajstić information content (AvgIpc) is 2.37. The summed E-state index contributed by atoms with van der Waals surface area (Å²) in [6.07, 6.45) is 0.223. The van der Waals surface area contributed by atoms with E-state index >= 15 is 0 Å². The Balaban J connectivity index is 2.02. The van der Waals surface area contributed by atoms with Gasteiger partial charge in [0.15, 0.2) is 11.6 Å². The van der Waals surface area contributed by atoms with E-state index in [1.807, 2.05) is 4.90 Å². The lowest BCUT2D eigenvalue weighted by Gasteiger charge is -2.36. The number of methoxy groups -OCH3 is 1. The van der Waals surface area contributed by atoms with Gasteiger partial charge in [0.05, 0.1) is 13.5 Å². The number of hydrogen-bond donors (Lipinski definition) is 1. The molecule has 1 fully saturated rings. The van der Waals surface area contributed by atoms with E-state index in [4.69, 9.17) is 4.74 Å². The number of piperazine rings is 1. The number of nitrogens with one attached hydrogen (secondary N) is 1. The van der Waals surface area contributed by atoms with Crippen molar-refractivity contribution in [2.75, 3.05) is 20.2 Å². The van der Waals surface area contributed by atoms with Gasteiger partial charge in [0, 0.05) is 25.2 Å². The minimum atomic E-state index is -0.431. The first-order valence-electron chi connectivity index (χ1n) is 6.86. The second kappa shape index (κ2) is 6.22. The van der Waals surface area contributed by atoms with Gasteiger partial charge in [-0.2, -0.15) is 0 Å². The standard InChI is InChI=1S/C15H21FN2O2/c1-10-8-18(9-11(2)17-10)15(19)7-12-4-5-14(20-3)13(16)6-12/h4-6,10-11,17H,7-9H2,1-3H3/t10-,11+. The number of carbonyl (C=O) groups is 1. The van der Waals surface area contributed by atoms with Crippen molar-refractivity contribution in [1.29, 1.82) is 0 Å². The van der Waals surface area contributed by atoms with Crippen LogP contribution in [-0.4, -0.2) is 43.1 Å². The van der Waals surface area contributed by atoms with E-state index in [9.17, 15) is 9.18 Å². The summed E-state index contributed by atoms with van der Waals surface area (Å²) in [6, 6.07) is 5.23. The van der Waals surface area contributed by atoms with Crippen LogP contribution in [0.1, 0.15) is 19.4 Å². The highest BCUT2D eigenvalue weighted by molar-refractivity contribution is 5.79. The molecule has 0 spiro atoms. The van der Waals surface area contributed by atoms with Gasteiger partial charge in [-0.15, -0.1) is 0 Å². The number of benzene rings is 1. The molecule has 1 saturated heterocycles. The minimum Gasteiger partial charge on any atom is -0.494 e. The van der Waals surface area contributed by atoms with E-state index in [2.05, 4.69) is 19.2 Å². The second-order valence-corrected chi connectivity index (χ2v) is 5.41. The molecule has 1 aromatic carbocycles. The molecule has 1 aromatic rings. The van der Waals surface area contributed by atoms with E-state index < -0.39 is 5.82 Å². The maximum atomic E-state index is 13.6. The van der Waals surface area contributed by atoms with E-state index in [0.29, 0.717) is 18.7 Å². The normalized spacial score (nSPS) is 22.7. The van der Waals surface area contributed by atoms with Crippen LogP contribution in [0.25, 0.3) is 0 Å². The maximum Gasteiger partial charge on any atom is 0.227 e. The number of ether oxygens (including phenoxy) is 1. The molecule has 1 N–H and O–H groups in total. The third kappa shape index (κ3) is 3.48. The molecule has 2 rings (SSSR count). The first-order chi connectivity index (χ1) is 9.49. The van der Waals surface area contributed by atoms with Crippen molar-refractivity contribution in [1.82, 2.24) is 10.2 Å². The van der Waals surface area contributed by atoms with E-state index in [0.717, 1.165) is 0 Å². The quantitative estimate of drug-likeness (QED) is 0.914. The Kier molecular flexibility index (Phi) is 4.60. The molecule has 1 heterocycles. The molecule has 2 atom stereocenters. The molecule has 0 bridgehead atoms. The summed E-state index contributed by atoms with van der Waals surface area (Å²) in [5.74, 6) is -0.194. The minimum absolute atomic E-state index is 0.0368. The van der Waals surface area contributed by atoms with Crippen molar-refractivity contribution < 1.29 is 13.9 Å². The highest BCUT2D eigenvalue weighted by atomic mass is 19.1. The Bertz CT molecular complexity index is 483. The summed E-state index contributed by atoms with van der Waals surface area (Å²) >= 11 is 0. The van der Waals surface area contributed by atoms with Crippen LogP contribution in [0.15, 0.2) is 18.2 Å². The fourth-order valence-electron chi connectivity index (χ4n) is 2.64. The summed E-state index contributed by atoms with van der Waals surface area (Å²) in [6.45, 7) is 5.51. The Morgan fingerprint density at radius 3 is 2.60 bits per heavy atom. The number of nitrogens with zero attached hydrogens (tertiary/aromatic N) is 1. The van der Waals surface area contributed by atoms with E-state index in [-0.39, 0.29) is 30.2 Å². The zero-order valence-electron chi connectivity index (χ0n) is 12.1. The Hall–Kier alpha value is -1.62. The topological polar surface area (TPSA) is 41.6 Å². The lowest BCUT2D eigenvalue weighted by atomic mass is 10.1. The van der Waals surface area contributed by atoms with Crippen LogP contribution in [-0.2, 0) is 11.2 Å². The van der Waals surface area contributed by atoms with Crippen LogP contribution in [0, 0.1) is 5.82 Å². The number of halogens is 1. The molecular formula is C15H21FN2O2. The number of hydrogen-bond acceptors (Lipinski definition) is 3. The van der Waals surface area contributed by atoms with Gasteiger partial charge >= 0.3 is 0 Å². The Morgan fingerprint density at radius 1 is 1.40 bits per heavy atom. The van der Waals surface area contributed by atoms with Gasteiger partial charge in [0.2, 0.25) is 5.91 Å². The van der Waals surface area contributed by atoms with Gasteiger partial charge in [-0.1, -0.05) is 6.07 Å². The molecule has 5 heteroatoms. The predicted octanol–water partition coefficient (Wildman–Crippen LogP) is 1.59. The van der Waals surface area contributed by atoms with Crippen LogP contribution >= 0.6 is 0 Å². The molecule has 0 unspecified atom stereocenters. The summed E-state index contributed by atoms with van der Waals surface area (Å²) in [5.41, 5.74) is 0.673. The van der Waals surface area contributed by atoms with Crippen LogP contribution in [0.4, 0.5) is 4.39 Å². The van der Waals surface area contributed by atoms with Gasteiger partial charge in [-0.05, 0) is 31.5 Å². The summed E-state index contributed by atoms with van der Waals surface area (Å²) < 4.78 is 18.5. The summed E-state index contributed by atoms with van der Waals surface area (Å²) in [7, 11) is 1.42. The molecule has 110 valence electrons. The molecule has 1 aliphatic heterocycles. The zero-order valence-corrected chi connectivity index (χ0v) is 12.1. The Labute approximate surface area is 118 Å². The molecule has 0 aliphatic carbocycles. The SMILES string of the molecule is COc1ccc(CC(=O)N2C[C@@H](C)N[C@@H](C)C2)cc1F. The van der Waals surface area contributed by atoms with Crippen molar-refractivity contribution >= 4 is 5.91 Å². The first-order valence-corrected chi connectivity index (χ1v) is 6.86. The van der Waals surface area contributed by atoms with Crippen molar-refractivity contribution in [2.24, 2.45) is 0 Å². The number of amides is 1. The van der Waals surface area contributed by atoms with Crippen LogP contribution in [0.2, 0.25) is 0 Å². The molecule has 20 heavy (non-hydrogen) atoms. The fraction of sp³-hybridized carbons (Fsp3) is 0.533. The Morgan fingerprint density at radius 2 is 2.05 bits per heavy atom. The third-order valence-electron chi connectivity index (χ3n) is 3.48. The van der Waals surface area contributed by atoms with Crippen LogP contribution in [0.3, 0.4) is 0 Å². The first kappa shape index (κ1) is 14.8. The van der Waals surface area contributed by atoms with Crippen LogP contribution in [0.5, 0.6) is 5.75 Å². The van der Waals surface area contributed by atoms with Crippen molar-refractivity contribution in [3.8, 4) is 5.75 Å². The maximum absolute atomic E-state index is 13.6. The fourth-order valence-corrected chi connectivity index (χ4v) is 2.64.